The molecule has 2 aromatic heterocycles. The number of rotatable bonds is 5. The average Bonchev–Trinajstić information content (AvgIpc) is 3.19. The Morgan fingerprint density at radius 3 is 2.53 bits per heavy atom. The molecule has 0 aliphatic heterocycles. The molecule has 0 unspecified atom stereocenters. The highest BCUT2D eigenvalue weighted by atomic mass is 32.2. The van der Waals surface area contributed by atoms with E-state index in [4.69, 9.17) is 0 Å². The Hall–Kier alpha value is -3.33. The largest absolute Gasteiger partial charge is 0.328 e. The van der Waals surface area contributed by atoms with Crippen molar-refractivity contribution in [1.29, 1.82) is 0 Å². The van der Waals surface area contributed by atoms with Crippen molar-refractivity contribution >= 4 is 34.4 Å². The Morgan fingerprint density at radius 1 is 1.00 bits per heavy atom. The molecular formula is C21H22N6O2S. The first-order valence-electron chi connectivity index (χ1n) is 9.39. The lowest BCUT2D eigenvalue weighted by Gasteiger charge is -2.07. The van der Waals surface area contributed by atoms with Gasteiger partial charge in [-0.3, -0.25) is 13.9 Å². The van der Waals surface area contributed by atoms with E-state index in [2.05, 4.69) is 21.6 Å². The number of aromatic nitrogens is 5. The summed E-state index contributed by atoms with van der Waals surface area (Å²) in [6.45, 7) is 2.03. The Labute approximate surface area is 177 Å². The molecule has 0 radical (unpaired) electrons. The fourth-order valence-corrected chi connectivity index (χ4v) is 4.10. The predicted octanol–water partition coefficient (Wildman–Crippen LogP) is 2.71. The van der Waals surface area contributed by atoms with Crippen LogP contribution in [0.25, 0.3) is 22.4 Å². The van der Waals surface area contributed by atoms with Gasteiger partial charge in [-0.25, -0.2) is 4.79 Å². The molecule has 0 saturated heterocycles. The van der Waals surface area contributed by atoms with Gasteiger partial charge in [0.15, 0.2) is 11.0 Å². The third-order valence-corrected chi connectivity index (χ3v) is 6.02. The third kappa shape index (κ3) is 3.63. The van der Waals surface area contributed by atoms with Crippen molar-refractivity contribution in [3.63, 3.8) is 0 Å². The van der Waals surface area contributed by atoms with Gasteiger partial charge >= 0.3 is 5.69 Å². The zero-order valence-electron chi connectivity index (χ0n) is 17.2. The van der Waals surface area contributed by atoms with E-state index in [9.17, 15) is 9.59 Å². The number of imidazole rings is 1. The van der Waals surface area contributed by atoms with E-state index in [-0.39, 0.29) is 17.3 Å². The van der Waals surface area contributed by atoms with E-state index in [1.165, 1.54) is 11.8 Å². The zero-order chi connectivity index (χ0) is 21.4. The number of nitrogens with one attached hydrogen (secondary N) is 1. The van der Waals surface area contributed by atoms with Gasteiger partial charge in [0.1, 0.15) is 0 Å². The van der Waals surface area contributed by atoms with Crippen LogP contribution in [0.4, 0.5) is 5.69 Å². The van der Waals surface area contributed by atoms with E-state index < -0.39 is 0 Å². The summed E-state index contributed by atoms with van der Waals surface area (Å²) >= 11 is 1.33. The van der Waals surface area contributed by atoms with Crippen molar-refractivity contribution in [3.05, 3.63) is 58.5 Å². The molecule has 0 fully saturated rings. The van der Waals surface area contributed by atoms with Crippen molar-refractivity contribution < 1.29 is 4.79 Å². The summed E-state index contributed by atoms with van der Waals surface area (Å²) in [5.74, 6) is 0.809. The van der Waals surface area contributed by atoms with Crippen molar-refractivity contribution in [2.45, 2.75) is 12.1 Å². The maximum Gasteiger partial charge on any atom is 0.328 e. The van der Waals surface area contributed by atoms with E-state index in [1.54, 1.807) is 35.4 Å². The molecule has 0 aliphatic rings. The smallest absolute Gasteiger partial charge is 0.325 e. The summed E-state index contributed by atoms with van der Waals surface area (Å²) < 4.78 is 5.03. The van der Waals surface area contributed by atoms with Crippen LogP contribution in [0.15, 0.2) is 52.4 Å². The molecule has 2 heterocycles. The number of hydrogen-bond donors (Lipinski definition) is 1. The molecule has 9 heteroatoms. The number of carbonyl (C=O) groups excluding carboxylic acids is 1. The van der Waals surface area contributed by atoms with Crippen molar-refractivity contribution in [2.24, 2.45) is 21.1 Å². The standard InChI is InChI=1S/C21H22N6O2S/c1-13-6-5-7-14(10-13)19-23-24-20(27(19)4)30-12-18(28)22-15-8-9-16-17(11-15)26(3)21(29)25(16)2/h5-11H,12H2,1-4H3,(H,22,28). The van der Waals surface area contributed by atoms with Gasteiger partial charge in [-0.2, -0.15) is 0 Å². The van der Waals surface area contributed by atoms with Crippen LogP contribution in [0, 0.1) is 6.92 Å². The molecule has 30 heavy (non-hydrogen) atoms. The third-order valence-electron chi connectivity index (χ3n) is 5.00. The minimum Gasteiger partial charge on any atom is -0.325 e. The summed E-state index contributed by atoms with van der Waals surface area (Å²) in [6.07, 6.45) is 0. The molecule has 154 valence electrons. The van der Waals surface area contributed by atoms with Gasteiger partial charge in [0.05, 0.1) is 16.8 Å². The number of benzene rings is 2. The van der Waals surface area contributed by atoms with Crippen LogP contribution in [0.3, 0.4) is 0 Å². The van der Waals surface area contributed by atoms with Crippen LogP contribution in [-0.4, -0.2) is 35.6 Å². The first-order chi connectivity index (χ1) is 14.3. The average molecular weight is 423 g/mol. The Morgan fingerprint density at radius 2 is 1.77 bits per heavy atom. The number of anilines is 1. The SMILES string of the molecule is Cc1cccc(-c2nnc(SCC(=O)Nc3ccc4c(c3)n(C)c(=O)n4C)n2C)c1. The molecule has 4 rings (SSSR count). The highest BCUT2D eigenvalue weighted by Gasteiger charge is 2.14. The van der Waals surface area contributed by atoms with Crippen molar-refractivity contribution in [2.75, 3.05) is 11.1 Å². The molecule has 2 aromatic carbocycles. The second-order valence-electron chi connectivity index (χ2n) is 7.18. The number of amides is 1. The lowest BCUT2D eigenvalue weighted by Crippen LogP contribution is -2.19. The van der Waals surface area contributed by atoms with E-state index >= 15 is 0 Å². The van der Waals surface area contributed by atoms with Crippen LogP contribution in [0.5, 0.6) is 0 Å². The fourth-order valence-electron chi connectivity index (χ4n) is 3.39. The van der Waals surface area contributed by atoms with Gasteiger partial charge < -0.3 is 9.88 Å². The molecule has 0 spiro atoms. The summed E-state index contributed by atoms with van der Waals surface area (Å²) in [7, 11) is 5.33. The second kappa shape index (κ2) is 7.83. The quantitative estimate of drug-likeness (QED) is 0.500. The molecule has 0 atom stereocenters. The van der Waals surface area contributed by atoms with Gasteiger partial charge in [-0.15, -0.1) is 10.2 Å². The maximum atomic E-state index is 12.4. The van der Waals surface area contributed by atoms with Crippen LogP contribution in [0.2, 0.25) is 0 Å². The molecule has 1 amide bonds. The summed E-state index contributed by atoms with van der Waals surface area (Å²) in [6, 6.07) is 13.5. The minimum atomic E-state index is -0.152. The molecule has 4 aromatic rings. The first-order valence-corrected chi connectivity index (χ1v) is 10.4. The second-order valence-corrected chi connectivity index (χ2v) is 8.12. The van der Waals surface area contributed by atoms with Crippen LogP contribution in [0.1, 0.15) is 5.56 Å². The normalized spacial score (nSPS) is 11.2. The Balaban J connectivity index is 1.45. The number of thioether (sulfide) groups is 1. The lowest BCUT2D eigenvalue weighted by atomic mass is 10.1. The topological polar surface area (TPSA) is 86.7 Å². The molecule has 1 N–H and O–H groups in total. The highest BCUT2D eigenvalue weighted by Crippen LogP contribution is 2.24. The fraction of sp³-hybridized carbons (Fsp3) is 0.238. The van der Waals surface area contributed by atoms with E-state index in [0.29, 0.717) is 10.8 Å². The zero-order valence-corrected chi connectivity index (χ0v) is 18.0. The van der Waals surface area contributed by atoms with Crippen LogP contribution in [-0.2, 0) is 25.9 Å². The van der Waals surface area contributed by atoms with E-state index in [1.807, 2.05) is 42.8 Å². The van der Waals surface area contributed by atoms with Crippen LogP contribution < -0.4 is 11.0 Å². The Kier molecular flexibility index (Phi) is 5.21. The summed E-state index contributed by atoms with van der Waals surface area (Å²) in [4.78, 5) is 24.5. The maximum absolute atomic E-state index is 12.4. The summed E-state index contributed by atoms with van der Waals surface area (Å²) in [5.41, 5.74) is 4.27. The monoisotopic (exact) mass is 422 g/mol. The minimum absolute atomic E-state index is 0.101. The first kappa shape index (κ1) is 20.0. The van der Waals surface area contributed by atoms with Gasteiger partial charge in [-0.1, -0.05) is 35.5 Å². The molecule has 8 nitrogen and oxygen atoms in total. The van der Waals surface area contributed by atoms with Gasteiger partial charge in [0.2, 0.25) is 5.91 Å². The number of fused-ring (bicyclic) bond motifs is 1. The molecular weight excluding hydrogens is 400 g/mol. The lowest BCUT2D eigenvalue weighted by molar-refractivity contribution is -0.113. The molecule has 0 bridgehead atoms. The van der Waals surface area contributed by atoms with Crippen molar-refractivity contribution in [1.82, 2.24) is 23.9 Å². The summed E-state index contributed by atoms with van der Waals surface area (Å²) in [5, 5.41) is 12.0. The Bertz CT molecular complexity index is 1320. The van der Waals surface area contributed by atoms with Gasteiger partial charge in [-0.05, 0) is 31.2 Å². The number of aryl methyl sites for hydroxylation is 3. The van der Waals surface area contributed by atoms with Gasteiger partial charge in [0.25, 0.3) is 0 Å². The molecule has 0 saturated carbocycles. The number of nitrogens with zero attached hydrogens (tertiary/aromatic N) is 5. The van der Waals surface area contributed by atoms with Gasteiger partial charge in [0, 0.05) is 32.4 Å². The highest BCUT2D eigenvalue weighted by molar-refractivity contribution is 7.99. The number of hydrogen-bond acceptors (Lipinski definition) is 5. The van der Waals surface area contributed by atoms with Crippen LogP contribution >= 0.6 is 11.8 Å². The number of carbonyl (C=O) groups is 1. The van der Waals surface area contributed by atoms with Crippen molar-refractivity contribution in [3.8, 4) is 11.4 Å². The molecule has 0 aliphatic carbocycles. The predicted molar refractivity (Wildman–Crippen MR) is 119 cm³/mol. The van der Waals surface area contributed by atoms with E-state index in [0.717, 1.165) is 28.0 Å².